The summed E-state index contributed by atoms with van der Waals surface area (Å²) in [5.41, 5.74) is 1.75. The highest BCUT2D eigenvalue weighted by Gasteiger charge is 2.19. The highest BCUT2D eigenvalue weighted by molar-refractivity contribution is 5.66. The van der Waals surface area contributed by atoms with Crippen LogP contribution in [0.5, 0.6) is 11.5 Å². The molecule has 0 saturated heterocycles. The van der Waals surface area contributed by atoms with Crippen molar-refractivity contribution in [2.45, 2.75) is 45.4 Å². The number of phenolic OH excluding ortho intramolecular Hbond substituents is 1. The summed E-state index contributed by atoms with van der Waals surface area (Å²) in [5.74, 6) is -0.267. The zero-order valence-electron chi connectivity index (χ0n) is 12.0. The highest BCUT2D eigenvalue weighted by Crippen LogP contribution is 2.36. The van der Waals surface area contributed by atoms with E-state index in [4.69, 9.17) is 9.84 Å². The summed E-state index contributed by atoms with van der Waals surface area (Å²) >= 11 is 0. The highest BCUT2D eigenvalue weighted by atomic mass is 16.5. The van der Waals surface area contributed by atoms with E-state index in [0.29, 0.717) is 18.6 Å². The van der Waals surface area contributed by atoms with Gasteiger partial charge in [-0.1, -0.05) is 26.8 Å². The van der Waals surface area contributed by atoms with E-state index >= 15 is 0 Å². The van der Waals surface area contributed by atoms with Crippen molar-refractivity contribution in [3.8, 4) is 11.5 Å². The third-order valence-electron chi connectivity index (χ3n) is 3.08. The Hall–Kier alpha value is -1.71. The van der Waals surface area contributed by atoms with Gasteiger partial charge < -0.3 is 14.9 Å². The van der Waals surface area contributed by atoms with Crippen LogP contribution in [0.2, 0.25) is 0 Å². The number of aryl methyl sites for hydroxylation is 1. The van der Waals surface area contributed by atoms with Crippen LogP contribution in [0, 0.1) is 0 Å². The Bertz CT molecular complexity index is 458. The molecular formula is C15H22O4. The standard InChI is InChI=1S/C15H22O4/c1-15(2,3)11-8-10(6-5-7-13(16)17)14(18)12(9-11)19-4/h8-9,18H,5-7H2,1-4H3,(H,16,17). The summed E-state index contributed by atoms with van der Waals surface area (Å²) < 4.78 is 5.18. The quantitative estimate of drug-likeness (QED) is 0.859. The molecule has 2 N–H and O–H groups in total. The molecule has 4 heteroatoms. The lowest BCUT2D eigenvalue weighted by Gasteiger charge is -2.22. The summed E-state index contributed by atoms with van der Waals surface area (Å²) in [6, 6.07) is 3.76. The molecule has 1 aromatic carbocycles. The van der Waals surface area contributed by atoms with Crippen LogP contribution in [0.1, 0.15) is 44.7 Å². The Morgan fingerprint density at radius 2 is 1.95 bits per heavy atom. The number of hydrogen-bond acceptors (Lipinski definition) is 3. The zero-order valence-corrected chi connectivity index (χ0v) is 12.0. The second-order valence-corrected chi connectivity index (χ2v) is 5.68. The fraction of sp³-hybridized carbons (Fsp3) is 0.533. The van der Waals surface area contributed by atoms with Gasteiger partial charge in [0.05, 0.1) is 7.11 Å². The smallest absolute Gasteiger partial charge is 0.303 e. The van der Waals surface area contributed by atoms with Gasteiger partial charge in [-0.2, -0.15) is 0 Å². The van der Waals surface area contributed by atoms with E-state index in [-0.39, 0.29) is 17.6 Å². The largest absolute Gasteiger partial charge is 0.504 e. The minimum atomic E-state index is -0.821. The maximum absolute atomic E-state index is 10.5. The number of carboxylic acid groups (broad SMARTS) is 1. The second kappa shape index (κ2) is 5.95. The number of aromatic hydroxyl groups is 1. The zero-order chi connectivity index (χ0) is 14.6. The first kappa shape index (κ1) is 15.3. The molecule has 0 amide bonds. The van der Waals surface area contributed by atoms with E-state index in [1.54, 1.807) is 0 Å². The maximum atomic E-state index is 10.5. The molecule has 0 atom stereocenters. The number of hydrogen-bond donors (Lipinski definition) is 2. The van der Waals surface area contributed by atoms with Crippen LogP contribution < -0.4 is 4.74 Å². The van der Waals surface area contributed by atoms with E-state index in [1.807, 2.05) is 12.1 Å². The van der Waals surface area contributed by atoms with Crippen LogP contribution in [0.15, 0.2) is 12.1 Å². The Labute approximate surface area is 114 Å². The number of carbonyl (C=O) groups is 1. The lowest BCUT2D eigenvalue weighted by molar-refractivity contribution is -0.137. The molecule has 1 aromatic rings. The average Bonchev–Trinajstić information content (AvgIpc) is 2.29. The SMILES string of the molecule is COc1cc(C(C)(C)C)cc(CCCC(=O)O)c1O. The Balaban J connectivity index is 3.04. The minimum Gasteiger partial charge on any atom is -0.504 e. The van der Waals surface area contributed by atoms with Crippen LogP contribution in [0.3, 0.4) is 0 Å². The number of aliphatic carboxylic acids is 1. The summed E-state index contributed by atoms with van der Waals surface area (Å²) in [7, 11) is 1.52. The maximum Gasteiger partial charge on any atom is 0.303 e. The molecule has 0 spiro atoms. The van der Waals surface area contributed by atoms with Gasteiger partial charge in [0.1, 0.15) is 0 Å². The summed E-state index contributed by atoms with van der Waals surface area (Å²) in [4.78, 5) is 10.5. The Kier molecular flexibility index (Phi) is 4.81. The number of phenols is 1. The van der Waals surface area contributed by atoms with Crippen molar-refractivity contribution in [1.82, 2.24) is 0 Å². The van der Waals surface area contributed by atoms with Crippen molar-refractivity contribution < 1.29 is 19.7 Å². The number of carboxylic acids is 1. The van der Waals surface area contributed by atoms with Crippen LogP contribution in [-0.2, 0) is 16.6 Å². The molecule has 0 saturated carbocycles. The monoisotopic (exact) mass is 266 g/mol. The van der Waals surface area contributed by atoms with E-state index < -0.39 is 5.97 Å². The predicted octanol–water partition coefficient (Wildman–Crippen LogP) is 3.11. The molecule has 106 valence electrons. The van der Waals surface area contributed by atoms with Gasteiger partial charge in [-0.05, 0) is 35.4 Å². The predicted molar refractivity (Wildman–Crippen MR) is 73.9 cm³/mol. The van der Waals surface area contributed by atoms with Gasteiger partial charge in [-0.15, -0.1) is 0 Å². The molecule has 4 nitrogen and oxygen atoms in total. The van der Waals surface area contributed by atoms with Gasteiger partial charge in [0, 0.05) is 6.42 Å². The molecule has 0 aliphatic carbocycles. The fourth-order valence-corrected chi connectivity index (χ4v) is 1.87. The summed E-state index contributed by atoms with van der Waals surface area (Å²) in [6.07, 6.45) is 1.12. The van der Waals surface area contributed by atoms with Crippen LogP contribution in [0.25, 0.3) is 0 Å². The average molecular weight is 266 g/mol. The van der Waals surface area contributed by atoms with Crippen molar-refractivity contribution in [2.24, 2.45) is 0 Å². The second-order valence-electron chi connectivity index (χ2n) is 5.68. The van der Waals surface area contributed by atoms with Gasteiger partial charge in [0.25, 0.3) is 0 Å². The van der Waals surface area contributed by atoms with Gasteiger partial charge in [-0.25, -0.2) is 0 Å². The third-order valence-corrected chi connectivity index (χ3v) is 3.08. The molecule has 0 heterocycles. The van der Waals surface area contributed by atoms with Gasteiger partial charge in [0.2, 0.25) is 0 Å². The molecule has 0 bridgehead atoms. The molecule has 0 fully saturated rings. The first-order chi connectivity index (χ1) is 8.75. The molecule has 0 radical (unpaired) electrons. The minimum absolute atomic E-state index is 0.0530. The Morgan fingerprint density at radius 3 is 2.42 bits per heavy atom. The normalized spacial score (nSPS) is 11.4. The number of methoxy groups -OCH3 is 1. The van der Waals surface area contributed by atoms with Crippen molar-refractivity contribution in [1.29, 1.82) is 0 Å². The number of benzene rings is 1. The molecule has 0 aliphatic heterocycles. The van der Waals surface area contributed by atoms with Crippen LogP contribution in [0.4, 0.5) is 0 Å². The van der Waals surface area contributed by atoms with E-state index in [2.05, 4.69) is 20.8 Å². The molecular weight excluding hydrogens is 244 g/mol. The summed E-state index contributed by atoms with van der Waals surface area (Å²) in [5, 5.41) is 18.7. The van der Waals surface area contributed by atoms with Crippen LogP contribution >= 0.6 is 0 Å². The van der Waals surface area contributed by atoms with E-state index in [1.165, 1.54) is 7.11 Å². The topological polar surface area (TPSA) is 66.8 Å². The van der Waals surface area contributed by atoms with Gasteiger partial charge in [-0.3, -0.25) is 4.79 Å². The molecule has 1 rings (SSSR count). The fourth-order valence-electron chi connectivity index (χ4n) is 1.87. The van der Waals surface area contributed by atoms with Crippen molar-refractivity contribution in [2.75, 3.05) is 7.11 Å². The Morgan fingerprint density at radius 1 is 1.32 bits per heavy atom. The third kappa shape index (κ3) is 4.16. The molecule has 19 heavy (non-hydrogen) atoms. The lowest BCUT2D eigenvalue weighted by atomic mass is 9.85. The van der Waals surface area contributed by atoms with E-state index in [9.17, 15) is 9.90 Å². The molecule has 0 unspecified atom stereocenters. The van der Waals surface area contributed by atoms with Crippen molar-refractivity contribution >= 4 is 5.97 Å². The van der Waals surface area contributed by atoms with Crippen LogP contribution in [-0.4, -0.2) is 23.3 Å². The lowest BCUT2D eigenvalue weighted by Crippen LogP contribution is -2.12. The van der Waals surface area contributed by atoms with E-state index in [0.717, 1.165) is 11.1 Å². The first-order valence-corrected chi connectivity index (χ1v) is 6.38. The molecule has 0 aromatic heterocycles. The number of rotatable bonds is 5. The first-order valence-electron chi connectivity index (χ1n) is 6.38. The van der Waals surface area contributed by atoms with Gasteiger partial charge >= 0.3 is 5.97 Å². The van der Waals surface area contributed by atoms with Crippen molar-refractivity contribution in [3.05, 3.63) is 23.3 Å². The van der Waals surface area contributed by atoms with Crippen molar-refractivity contribution in [3.63, 3.8) is 0 Å². The molecule has 0 aliphatic rings. The summed E-state index contributed by atoms with van der Waals surface area (Å²) in [6.45, 7) is 6.25. The number of ether oxygens (including phenoxy) is 1. The van der Waals surface area contributed by atoms with Gasteiger partial charge in [0.15, 0.2) is 11.5 Å².